The van der Waals surface area contributed by atoms with Crippen LogP contribution in [0.25, 0.3) is 0 Å². The molecule has 0 saturated carbocycles. The lowest BCUT2D eigenvalue weighted by atomic mass is 10.1. The highest BCUT2D eigenvalue weighted by molar-refractivity contribution is 6.30. The Kier molecular flexibility index (Phi) is 4.93. The third-order valence-corrected chi connectivity index (χ3v) is 3.19. The molecule has 0 spiro atoms. The van der Waals surface area contributed by atoms with Crippen LogP contribution < -0.4 is 10.1 Å². The lowest BCUT2D eigenvalue weighted by Crippen LogP contribution is -2.24. The molecule has 2 aromatic rings. The van der Waals surface area contributed by atoms with Crippen LogP contribution in [0.4, 0.5) is 8.78 Å². The van der Waals surface area contributed by atoms with Crippen molar-refractivity contribution < 1.29 is 13.5 Å². The van der Waals surface area contributed by atoms with Gasteiger partial charge in [0.1, 0.15) is 12.4 Å². The van der Waals surface area contributed by atoms with Crippen LogP contribution in [0.15, 0.2) is 42.5 Å². The molecule has 0 heterocycles. The number of nitrogens with one attached hydrogen (secondary N) is 1. The fourth-order valence-electron chi connectivity index (χ4n) is 1.83. The monoisotopic (exact) mass is 297 g/mol. The molecule has 5 heteroatoms. The number of benzene rings is 2. The number of hydrogen-bond acceptors (Lipinski definition) is 2. The Morgan fingerprint density at radius 2 is 1.85 bits per heavy atom. The van der Waals surface area contributed by atoms with Gasteiger partial charge in [0.05, 0.1) is 6.04 Å². The van der Waals surface area contributed by atoms with Crippen LogP contribution in [0.1, 0.15) is 11.6 Å². The molecule has 20 heavy (non-hydrogen) atoms. The first kappa shape index (κ1) is 14.8. The molecule has 2 nitrogen and oxygen atoms in total. The topological polar surface area (TPSA) is 21.3 Å². The zero-order chi connectivity index (χ0) is 14.5. The standard InChI is InChI=1S/C15H14ClF2NO/c1-19-14(12-3-2-4-13(17)15(12)18)9-20-11-7-5-10(16)6-8-11/h2-8,14,19H,9H2,1H3. The smallest absolute Gasteiger partial charge is 0.163 e. The van der Waals surface area contributed by atoms with Gasteiger partial charge in [0.15, 0.2) is 11.6 Å². The van der Waals surface area contributed by atoms with Gasteiger partial charge in [-0.1, -0.05) is 23.7 Å². The van der Waals surface area contributed by atoms with Crippen LogP contribution in [0.5, 0.6) is 5.75 Å². The van der Waals surface area contributed by atoms with Gasteiger partial charge in [-0.2, -0.15) is 0 Å². The van der Waals surface area contributed by atoms with Crippen LogP contribution in [-0.4, -0.2) is 13.7 Å². The molecular formula is C15H14ClF2NO. The fourth-order valence-corrected chi connectivity index (χ4v) is 1.95. The Morgan fingerprint density at radius 1 is 1.15 bits per heavy atom. The molecule has 1 atom stereocenters. The maximum Gasteiger partial charge on any atom is 0.163 e. The summed E-state index contributed by atoms with van der Waals surface area (Å²) in [6.45, 7) is 0.179. The highest BCUT2D eigenvalue weighted by Crippen LogP contribution is 2.21. The van der Waals surface area contributed by atoms with Gasteiger partial charge in [0, 0.05) is 10.6 Å². The van der Waals surface area contributed by atoms with Crippen LogP contribution in [0.3, 0.4) is 0 Å². The molecule has 0 amide bonds. The van der Waals surface area contributed by atoms with Crippen LogP contribution >= 0.6 is 11.6 Å². The first-order valence-electron chi connectivity index (χ1n) is 6.11. The van der Waals surface area contributed by atoms with Gasteiger partial charge in [-0.25, -0.2) is 8.78 Å². The van der Waals surface area contributed by atoms with Gasteiger partial charge in [-0.15, -0.1) is 0 Å². The summed E-state index contributed by atoms with van der Waals surface area (Å²) < 4.78 is 32.5. The van der Waals surface area contributed by atoms with E-state index in [1.807, 2.05) is 0 Å². The van der Waals surface area contributed by atoms with Crippen LogP contribution in [0.2, 0.25) is 5.02 Å². The van der Waals surface area contributed by atoms with Crippen LogP contribution in [-0.2, 0) is 0 Å². The molecule has 106 valence electrons. The van der Waals surface area contributed by atoms with E-state index < -0.39 is 17.7 Å². The normalized spacial score (nSPS) is 12.2. The predicted octanol–water partition coefficient (Wildman–Crippen LogP) is 3.96. The van der Waals surface area contributed by atoms with E-state index in [4.69, 9.17) is 16.3 Å². The van der Waals surface area contributed by atoms with Crippen LogP contribution in [0, 0.1) is 11.6 Å². The number of hydrogen-bond donors (Lipinski definition) is 1. The lowest BCUT2D eigenvalue weighted by molar-refractivity contribution is 0.268. The number of likely N-dealkylation sites (N-methyl/N-ethyl adjacent to an activating group) is 1. The summed E-state index contributed by atoms with van der Waals surface area (Å²) in [6, 6.07) is 10.5. The summed E-state index contributed by atoms with van der Waals surface area (Å²) in [5.41, 5.74) is 0.237. The van der Waals surface area contributed by atoms with Crippen molar-refractivity contribution in [2.24, 2.45) is 0 Å². The minimum Gasteiger partial charge on any atom is -0.492 e. The molecule has 0 radical (unpaired) electrons. The second-order valence-corrected chi connectivity index (χ2v) is 4.69. The highest BCUT2D eigenvalue weighted by Gasteiger charge is 2.17. The second-order valence-electron chi connectivity index (χ2n) is 4.25. The van der Waals surface area contributed by atoms with Crippen molar-refractivity contribution in [2.45, 2.75) is 6.04 Å². The van der Waals surface area contributed by atoms with E-state index in [0.717, 1.165) is 6.07 Å². The Balaban J connectivity index is 2.09. The van der Waals surface area contributed by atoms with E-state index in [1.54, 1.807) is 31.3 Å². The molecule has 0 fully saturated rings. The van der Waals surface area contributed by atoms with E-state index in [0.29, 0.717) is 10.8 Å². The summed E-state index contributed by atoms with van der Waals surface area (Å²) in [7, 11) is 1.67. The number of ether oxygens (including phenoxy) is 1. The molecular weight excluding hydrogens is 284 g/mol. The molecule has 0 aliphatic rings. The van der Waals surface area contributed by atoms with Gasteiger partial charge in [-0.05, 0) is 37.4 Å². The van der Waals surface area contributed by atoms with Crippen molar-refractivity contribution in [2.75, 3.05) is 13.7 Å². The van der Waals surface area contributed by atoms with Crippen molar-refractivity contribution in [3.8, 4) is 5.75 Å². The lowest BCUT2D eigenvalue weighted by Gasteiger charge is -2.18. The largest absolute Gasteiger partial charge is 0.492 e. The van der Waals surface area contributed by atoms with Crippen molar-refractivity contribution >= 4 is 11.6 Å². The quantitative estimate of drug-likeness (QED) is 0.902. The molecule has 2 rings (SSSR count). The van der Waals surface area contributed by atoms with Gasteiger partial charge in [0.25, 0.3) is 0 Å². The summed E-state index contributed by atoms with van der Waals surface area (Å²) in [6.07, 6.45) is 0. The maximum atomic E-state index is 13.7. The third kappa shape index (κ3) is 3.46. The average molecular weight is 298 g/mol. The SMILES string of the molecule is CNC(COc1ccc(Cl)cc1)c1cccc(F)c1F. The molecule has 1 unspecified atom stereocenters. The van der Waals surface area contributed by atoms with E-state index in [1.165, 1.54) is 12.1 Å². The summed E-state index contributed by atoms with van der Waals surface area (Å²) in [5.74, 6) is -1.10. The Labute approximate surface area is 121 Å². The van der Waals surface area contributed by atoms with E-state index in [2.05, 4.69) is 5.32 Å². The van der Waals surface area contributed by atoms with E-state index >= 15 is 0 Å². The van der Waals surface area contributed by atoms with Crippen molar-refractivity contribution in [1.82, 2.24) is 5.32 Å². The zero-order valence-electron chi connectivity index (χ0n) is 10.9. The van der Waals surface area contributed by atoms with E-state index in [9.17, 15) is 8.78 Å². The second kappa shape index (κ2) is 6.68. The van der Waals surface area contributed by atoms with Crippen molar-refractivity contribution in [3.63, 3.8) is 0 Å². The van der Waals surface area contributed by atoms with Crippen molar-refractivity contribution in [1.29, 1.82) is 0 Å². The van der Waals surface area contributed by atoms with Gasteiger partial charge < -0.3 is 10.1 Å². The number of rotatable bonds is 5. The predicted molar refractivity (Wildman–Crippen MR) is 75.1 cm³/mol. The minimum absolute atomic E-state index is 0.179. The molecule has 0 aromatic heterocycles. The maximum absolute atomic E-state index is 13.7. The minimum atomic E-state index is -0.866. The number of halogens is 3. The average Bonchev–Trinajstić information content (AvgIpc) is 2.45. The summed E-state index contributed by atoms with van der Waals surface area (Å²) in [4.78, 5) is 0. The zero-order valence-corrected chi connectivity index (χ0v) is 11.6. The molecule has 0 bridgehead atoms. The molecule has 2 aromatic carbocycles. The van der Waals surface area contributed by atoms with Crippen molar-refractivity contribution in [3.05, 3.63) is 64.7 Å². The molecule has 0 saturated heterocycles. The first-order valence-corrected chi connectivity index (χ1v) is 6.49. The third-order valence-electron chi connectivity index (χ3n) is 2.94. The van der Waals surface area contributed by atoms with Gasteiger partial charge in [-0.3, -0.25) is 0 Å². The Bertz CT molecular complexity index is 575. The van der Waals surface area contributed by atoms with Gasteiger partial charge >= 0.3 is 0 Å². The summed E-state index contributed by atoms with van der Waals surface area (Å²) >= 11 is 5.78. The highest BCUT2D eigenvalue weighted by atomic mass is 35.5. The Morgan fingerprint density at radius 3 is 2.50 bits per heavy atom. The van der Waals surface area contributed by atoms with E-state index in [-0.39, 0.29) is 12.2 Å². The fraction of sp³-hybridized carbons (Fsp3) is 0.200. The van der Waals surface area contributed by atoms with Gasteiger partial charge in [0.2, 0.25) is 0 Å². The molecule has 0 aliphatic carbocycles. The first-order chi connectivity index (χ1) is 9.61. The Hall–Kier alpha value is -1.65. The molecule has 1 N–H and O–H groups in total. The summed E-state index contributed by atoms with van der Waals surface area (Å²) in [5, 5.41) is 3.52. The molecule has 0 aliphatic heterocycles.